The van der Waals surface area contributed by atoms with Crippen LogP contribution in [0.4, 0.5) is 13.2 Å². The van der Waals surface area contributed by atoms with Gasteiger partial charge in [-0.1, -0.05) is 0 Å². The standard InChI is InChI=1S/C15H22F3N3O2/c1-8-6-11(7-9(2)23-8)4-5-19-14(22)12-10(3)13(21-20-12)15(16,17)18/h8-9,11H,4-7H2,1-3H3,(H,19,22)(H,20,21). The molecule has 5 nitrogen and oxygen atoms in total. The first kappa shape index (κ1) is 17.8. The molecule has 1 amide bonds. The van der Waals surface area contributed by atoms with E-state index in [1.54, 1.807) is 0 Å². The Morgan fingerprint density at radius 1 is 1.35 bits per heavy atom. The highest BCUT2D eigenvalue weighted by Crippen LogP contribution is 2.31. The molecule has 2 heterocycles. The lowest BCUT2D eigenvalue weighted by Crippen LogP contribution is -2.32. The summed E-state index contributed by atoms with van der Waals surface area (Å²) in [6.45, 7) is 5.69. The van der Waals surface area contributed by atoms with Crippen molar-refractivity contribution in [3.05, 3.63) is 17.0 Å². The minimum absolute atomic E-state index is 0.177. The van der Waals surface area contributed by atoms with E-state index < -0.39 is 17.8 Å². The Labute approximate surface area is 133 Å². The van der Waals surface area contributed by atoms with Crippen LogP contribution in [0.25, 0.3) is 0 Å². The van der Waals surface area contributed by atoms with Crippen LogP contribution in [0.3, 0.4) is 0 Å². The van der Waals surface area contributed by atoms with Crippen molar-refractivity contribution < 1.29 is 22.7 Å². The molecule has 130 valence electrons. The van der Waals surface area contributed by atoms with Gasteiger partial charge in [-0.2, -0.15) is 18.3 Å². The Morgan fingerprint density at radius 3 is 2.48 bits per heavy atom. The predicted octanol–water partition coefficient (Wildman–Crippen LogP) is 3.06. The number of nitrogens with zero attached hydrogens (tertiary/aromatic N) is 1. The minimum Gasteiger partial charge on any atom is -0.376 e. The number of hydrogen-bond acceptors (Lipinski definition) is 3. The van der Waals surface area contributed by atoms with Crippen molar-refractivity contribution in [2.75, 3.05) is 6.54 Å². The smallest absolute Gasteiger partial charge is 0.376 e. The molecule has 8 heteroatoms. The molecule has 2 atom stereocenters. The van der Waals surface area contributed by atoms with Gasteiger partial charge in [0.05, 0.1) is 12.2 Å². The normalized spacial score (nSPS) is 25.4. The van der Waals surface area contributed by atoms with Crippen LogP contribution in [-0.2, 0) is 10.9 Å². The Kier molecular flexibility index (Phi) is 5.33. The topological polar surface area (TPSA) is 67.0 Å². The lowest BCUT2D eigenvalue weighted by Gasteiger charge is -2.32. The van der Waals surface area contributed by atoms with Crippen molar-refractivity contribution in [1.82, 2.24) is 15.5 Å². The van der Waals surface area contributed by atoms with Crippen molar-refractivity contribution >= 4 is 5.91 Å². The van der Waals surface area contributed by atoms with E-state index in [0.29, 0.717) is 12.5 Å². The third kappa shape index (κ3) is 4.46. The molecule has 2 unspecified atom stereocenters. The first-order valence-electron chi connectivity index (χ1n) is 7.74. The largest absolute Gasteiger partial charge is 0.433 e. The van der Waals surface area contributed by atoms with E-state index in [1.165, 1.54) is 6.92 Å². The number of hydrogen-bond donors (Lipinski definition) is 2. The van der Waals surface area contributed by atoms with Crippen molar-refractivity contribution in [2.24, 2.45) is 5.92 Å². The summed E-state index contributed by atoms with van der Waals surface area (Å²) in [5, 5.41) is 8.04. The number of carbonyl (C=O) groups is 1. The first-order valence-corrected chi connectivity index (χ1v) is 7.74. The summed E-state index contributed by atoms with van der Waals surface area (Å²) in [6, 6.07) is 0. The number of halogens is 3. The fraction of sp³-hybridized carbons (Fsp3) is 0.733. The molecule has 0 aliphatic carbocycles. The van der Waals surface area contributed by atoms with Crippen LogP contribution in [0.15, 0.2) is 0 Å². The van der Waals surface area contributed by atoms with Gasteiger partial charge in [0.1, 0.15) is 5.69 Å². The van der Waals surface area contributed by atoms with Crippen molar-refractivity contribution in [1.29, 1.82) is 0 Å². The fourth-order valence-corrected chi connectivity index (χ4v) is 3.15. The SMILES string of the molecule is Cc1c(C(=O)NCCC2CC(C)OC(C)C2)n[nH]c1C(F)(F)F. The molecule has 1 aliphatic heterocycles. The predicted molar refractivity (Wildman–Crippen MR) is 78.0 cm³/mol. The second-order valence-electron chi connectivity index (χ2n) is 6.21. The molecule has 2 rings (SSSR count). The van der Waals surface area contributed by atoms with E-state index in [1.807, 2.05) is 18.9 Å². The molecule has 0 bridgehead atoms. The second-order valence-corrected chi connectivity index (χ2v) is 6.21. The minimum atomic E-state index is -4.54. The molecule has 1 aromatic rings. The maximum atomic E-state index is 12.7. The number of aromatic amines is 1. The van der Waals surface area contributed by atoms with Crippen molar-refractivity contribution in [3.8, 4) is 0 Å². The van der Waals surface area contributed by atoms with Gasteiger partial charge < -0.3 is 10.1 Å². The van der Waals surface area contributed by atoms with Crippen LogP contribution in [-0.4, -0.2) is 34.9 Å². The number of aromatic nitrogens is 2. The van der Waals surface area contributed by atoms with E-state index in [9.17, 15) is 18.0 Å². The van der Waals surface area contributed by atoms with Crippen molar-refractivity contribution in [3.63, 3.8) is 0 Å². The number of rotatable bonds is 4. The van der Waals surface area contributed by atoms with Gasteiger partial charge in [-0.05, 0) is 46.0 Å². The van der Waals surface area contributed by atoms with E-state index in [4.69, 9.17) is 4.74 Å². The Balaban J connectivity index is 1.87. The number of nitrogens with one attached hydrogen (secondary N) is 2. The average Bonchev–Trinajstić information content (AvgIpc) is 2.79. The molecule has 1 saturated heterocycles. The summed E-state index contributed by atoms with van der Waals surface area (Å²) < 4.78 is 43.7. The van der Waals surface area contributed by atoms with Gasteiger partial charge in [0.25, 0.3) is 5.91 Å². The lowest BCUT2D eigenvalue weighted by molar-refractivity contribution is -0.141. The van der Waals surface area contributed by atoms with Gasteiger partial charge in [0.2, 0.25) is 0 Å². The van der Waals surface area contributed by atoms with Gasteiger partial charge >= 0.3 is 6.18 Å². The number of H-pyrrole nitrogens is 1. The highest BCUT2D eigenvalue weighted by molar-refractivity contribution is 5.93. The molecule has 0 saturated carbocycles. The highest BCUT2D eigenvalue weighted by Gasteiger charge is 2.36. The third-order valence-corrected chi connectivity index (χ3v) is 4.14. The molecule has 0 radical (unpaired) electrons. The van der Waals surface area contributed by atoms with Crippen molar-refractivity contribution in [2.45, 2.75) is 58.4 Å². The molecule has 2 N–H and O–H groups in total. The maximum absolute atomic E-state index is 12.7. The van der Waals surface area contributed by atoms with Gasteiger partial charge in [-0.3, -0.25) is 9.89 Å². The van der Waals surface area contributed by atoms with E-state index >= 15 is 0 Å². The zero-order chi connectivity index (χ0) is 17.2. The second kappa shape index (κ2) is 6.90. The molecular weight excluding hydrogens is 311 g/mol. The molecular formula is C15H22F3N3O2. The summed E-state index contributed by atoms with van der Waals surface area (Å²) >= 11 is 0. The van der Waals surface area contributed by atoms with Crippen LogP contribution in [0, 0.1) is 12.8 Å². The van der Waals surface area contributed by atoms with E-state index in [2.05, 4.69) is 10.4 Å². The van der Waals surface area contributed by atoms with Gasteiger partial charge in [-0.25, -0.2) is 0 Å². The number of ether oxygens (including phenoxy) is 1. The Morgan fingerprint density at radius 2 is 1.96 bits per heavy atom. The Hall–Kier alpha value is -1.57. The summed E-state index contributed by atoms with van der Waals surface area (Å²) in [5.41, 5.74) is -1.36. The highest BCUT2D eigenvalue weighted by atomic mass is 19.4. The zero-order valence-corrected chi connectivity index (χ0v) is 13.5. The van der Waals surface area contributed by atoms with E-state index in [0.717, 1.165) is 19.3 Å². The first-order chi connectivity index (χ1) is 10.7. The summed E-state index contributed by atoms with van der Waals surface area (Å²) in [7, 11) is 0. The Bertz CT molecular complexity index is 547. The molecule has 0 spiro atoms. The monoisotopic (exact) mass is 333 g/mol. The number of amides is 1. The molecule has 23 heavy (non-hydrogen) atoms. The molecule has 1 aromatic heterocycles. The number of carbonyl (C=O) groups excluding carboxylic acids is 1. The third-order valence-electron chi connectivity index (χ3n) is 4.14. The van der Waals surface area contributed by atoms with Gasteiger partial charge in [0, 0.05) is 12.1 Å². The molecule has 1 fully saturated rings. The summed E-state index contributed by atoms with van der Waals surface area (Å²) in [5.74, 6) is -0.137. The van der Waals surface area contributed by atoms with Crippen LogP contribution in [0.5, 0.6) is 0 Å². The quantitative estimate of drug-likeness (QED) is 0.890. The van der Waals surface area contributed by atoms with Crippen LogP contribution >= 0.6 is 0 Å². The van der Waals surface area contributed by atoms with Gasteiger partial charge in [0.15, 0.2) is 5.69 Å². The summed E-state index contributed by atoms with van der Waals surface area (Å²) in [6.07, 6.45) is -1.51. The van der Waals surface area contributed by atoms with Crippen LogP contribution in [0.1, 0.15) is 54.9 Å². The lowest BCUT2D eigenvalue weighted by atomic mass is 9.90. The molecule has 1 aliphatic rings. The fourth-order valence-electron chi connectivity index (χ4n) is 3.15. The zero-order valence-electron chi connectivity index (χ0n) is 13.5. The van der Waals surface area contributed by atoms with Crippen LogP contribution in [0.2, 0.25) is 0 Å². The van der Waals surface area contributed by atoms with Gasteiger partial charge in [-0.15, -0.1) is 0 Å². The maximum Gasteiger partial charge on any atom is 0.433 e. The number of alkyl halides is 3. The summed E-state index contributed by atoms with van der Waals surface area (Å²) in [4.78, 5) is 12.0. The van der Waals surface area contributed by atoms with Crippen LogP contribution < -0.4 is 5.32 Å². The average molecular weight is 333 g/mol. The van der Waals surface area contributed by atoms with E-state index in [-0.39, 0.29) is 23.5 Å². The molecule has 0 aromatic carbocycles.